The van der Waals surface area contributed by atoms with Crippen LogP contribution in [0.1, 0.15) is 12.5 Å². The fraction of sp³-hybridized carbons (Fsp3) is 0.133. The van der Waals surface area contributed by atoms with Gasteiger partial charge in [-0.25, -0.2) is 0 Å². The Bertz CT molecular complexity index is 920. The van der Waals surface area contributed by atoms with Gasteiger partial charge in [0, 0.05) is 0 Å². The van der Waals surface area contributed by atoms with E-state index in [9.17, 15) is 31.9 Å². The number of carbonyl (C=O) groups excluding carboxylic acids is 1. The summed E-state index contributed by atoms with van der Waals surface area (Å²) in [5.74, 6) is -1.10. The molecule has 0 atom stereocenters. The number of phenolic OH excluding ortho intramolecular Hbond substituents is 1. The number of nitrogens with one attached hydrogen (secondary N) is 1. The maximum absolute atomic E-state index is 12.1. The van der Waals surface area contributed by atoms with Crippen molar-refractivity contribution >= 4 is 35.8 Å². The van der Waals surface area contributed by atoms with Gasteiger partial charge in [-0.2, -0.15) is 0 Å². The number of benzene rings is 2. The van der Waals surface area contributed by atoms with Crippen LogP contribution in [0.5, 0.6) is 5.75 Å². The minimum absolute atomic E-state index is 0.00949. The Morgan fingerprint density at radius 2 is 1.92 bits per heavy atom. The number of hydrogen-bond acceptors (Lipinski definition) is 5. The quantitative estimate of drug-likeness (QED) is 0.252. The molecule has 132 valence electrons. The van der Waals surface area contributed by atoms with E-state index < -0.39 is 35.1 Å². The SMILES string of the molecule is CC(=O)Nc1c(O)c(C)cc(-c2cccc([N+](=O)[O-])c2)c1[As](=O)(O)O. The Morgan fingerprint density at radius 1 is 1.28 bits per heavy atom. The molecular weight excluding hydrogens is 395 g/mol. The summed E-state index contributed by atoms with van der Waals surface area (Å²) in [6.07, 6.45) is 0. The van der Waals surface area contributed by atoms with Gasteiger partial charge in [-0.3, -0.25) is 0 Å². The standard InChI is InChI=1S/C15H15AsN2O7/c1-8-6-12(10-4-3-5-11(7-10)18(24)25)13(16(21,22)23)14(15(8)20)17-9(2)19/h3-7,20H,1-2H3,(H,17,19)(H2,21,22,23). The van der Waals surface area contributed by atoms with Crippen molar-refractivity contribution in [2.75, 3.05) is 5.32 Å². The number of non-ortho nitro benzene ring substituents is 1. The van der Waals surface area contributed by atoms with E-state index in [-0.39, 0.29) is 28.1 Å². The third-order valence-corrected chi connectivity index (χ3v) is 5.62. The van der Waals surface area contributed by atoms with Crippen LogP contribution in [0.4, 0.5) is 11.4 Å². The second kappa shape index (κ2) is 6.71. The molecule has 9 nitrogen and oxygen atoms in total. The Hall–Kier alpha value is -2.61. The van der Waals surface area contributed by atoms with Crippen LogP contribution in [0.3, 0.4) is 0 Å². The van der Waals surface area contributed by atoms with Crippen LogP contribution in [0.15, 0.2) is 30.3 Å². The molecule has 1 amide bonds. The van der Waals surface area contributed by atoms with E-state index in [1.165, 1.54) is 37.3 Å². The zero-order valence-electron chi connectivity index (χ0n) is 13.3. The number of amides is 1. The molecule has 0 saturated carbocycles. The second-order valence-electron chi connectivity index (χ2n) is 5.35. The summed E-state index contributed by atoms with van der Waals surface area (Å²) in [6, 6.07) is 6.55. The van der Waals surface area contributed by atoms with Crippen molar-refractivity contribution in [1.82, 2.24) is 0 Å². The first-order valence-corrected chi connectivity index (χ1v) is 10.4. The molecule has 25 heavy (non-hydrogen) atoms. The number of nitro groups is 1. The molecule has 0 aliphatic heterocycles. The molecule has 2 aromatic rings. The monoisotopic (exact) mass is 410 g/mol. The molecule has 2 rings (SSSR count). The number of nitro benzene ring substituents is 1. The number of phenols is 1. The first kappa shape index (κ1) is 18.7. The predicted octanol–water partition coefficient (Wildman–Crippen LogP) is 0.795. The molecule has 0 unspecified atom stereocenters. The van der Waals surface area contributed by atoms with Crippen LogP contribution in [0.2, 0.25) is 0 Å². The molecule has 0 aromatic heterocycles. The summed E-state index contributed by atoms with van der Waals surface area (Å²) in [6.45, 7) is 2.61. The predicted molar refractivity (Wildman–Crippen MR) is 89.8 cm³/mol. The van der Waals surface area contributed by atoms with Crippen molar-refractivity contribution in [2.24, 2.45) is 0 Å². The summed E-state index contributed by atoms with van der Waals surface area (Å²) in [5, 5.41) is 23.3. The maximum atomic E-state index is 12.1. The van der Waals surface area contributed by atoms with Gasteiger partial charge in [-0.05, 0) is 0 Å². The Balaban J connectivity index is 2.88. The van der Waals surface area contributed by atoms with Crippen LogP contribution >= 0.6 is 0 Å². The van der Waals surface area contributed by atoms with Crippen molar-refractivity contribution in [3.05, 3.63) is 46.0 Å². The van der Waals surface area contributed by atoms with Crippen molar-refractivity contribution in [2.45, 2.75) is 13.8 Å². The van der Waals surface area contributed by atoms with E-state index in [2.05, 4.69) is 5.32 Å². The molecule has 0 fully saturated rings. The van der Waals surface area contributed by atoms with Gasteiger partial charge in [-0.1, -0.05) is 0 Å². The molecule has 0 spiro atoms. The molecule has 2 aromatic carbocycles. The van der Waals surface area contributed by atoms with Crippen LogP contribution in [-0.2, 0) is 8.53 Å². The molecule has 0 saturated heterocycles. The Labute approximate surface area is 145 Å². The zero-order chi connectivity index (χ0) is 18.9. The fourth-order valence-corrected chi connectivity index (χ4v) is 4.42. The average Bonchev–Trinajstić information content (AvgIpc) is 2.49. The minimum atomic E-state index is -5.65. The summed E-state index contributed by atoms with van der Waals surface area (Å²) in [4.78, 5) is 21.7. The van der Waals surface area contributed by atoms with Crippen molar-refractivity contribution in [3.63, 3.8) is 0 Å². The average molecular weight is 410 g/mol. The van der Waals surface area contributed by atoms with Crippen molar-refractivity contribution < 1.29 is 26.8 Å². The van der Waals surface area contributed by atoms with Gasteiger partial charge in [-0.15, -0.1) is 0 Å². The van der Waals surface area contributed by atoms with E-state index in [1.54, 1.807) is 0 Å². The second-order valence-corrected chi connectivity index (χ2v) is 8.57. The molecular formula is C15H15AsN2O7. The van der Waals surface area contributed by atoms with Crippen LogP contribution in [-0.4, -0.2) is 38.3 Å². The molecule has 0 aliphatic carbocycles. The van der Waals surface area contributed by atoms with Crippen molar-refractivity contribution in [3.8, 4) is 16.9 Å². The number of aryl methyl sites for hydroxylation is 1. The Morgan fingerprint density at radius 3 is 2.44 bits per heavy atom. The van der Waals surface area contributed by atoms with Gasteiger partial charge in [0.05, 0.1) is 0 Å². The zero-order valence-corrected chi connectivity index (χ0v) is 15.1. The summed E-state index contributed by atoms with van der Waals surface area (Å²) < 4.78 is 31.1. The third kappa shape index (κ3) is 3.90. The van der Waals surface area contributed by atoms with E-state index in [0.29, 0.717) is 0 Å². The molecule has 0 radical (unpaired) electrons. The normalized spacial score (nSPS) is 11.2. The molecule has 0 aliphatic rings. The van der Waals surface area contributed by atoms with E-state index in [4.69, 9.17) is 0 Å². The summed E-state index contributed by atoms with van der Waals surface area (Å²) >= 11 is -5.65. The van der Waals surface area contributed by atoms with Crippen LogP contribution < -0.4 is 9.67 Å². The third-order valence-electron chi connectivity index (χ3n) is 3.42. The van der Waals surface area contributed by atoms with Gasteiger partial charge < -0.3 is 0 Å². The Kier molecular flexibility index (Phi) is 5.03. The van der Waals surface area contributed by atoms with Gasteiger partial charge in [0.2, 0.25) is 0 Å². The number of nitrogens with zero attached hydrogens (tertiary/aromatic N) is 1. The molecule has 0 heterocycles. The van der Waals surface area contributed by atoms with E-state index in [1.807, 2.05) is 0 Å². The number of aromatic hydroxyl groups is 1. The fourth-order valence-electron chi connectivity index (χ4n) is 2.40. The first-order valence-electron chi connectivity index (χ1n) is 6.97. The van der Waals surface area contributed by atoms with E-state index >= 15 is 0 Å². The number of rotatable bonds is 4. The van der Waals surface area contributed by atoms with Gasteiger partial charge in [0.25, 0.3) is 0 Å². The first-order chi connectivity index (χ1) is 11.5. The number of hydrogen-bond donors (Lipinski definition) is 4. The molecule has 4 N–H and O–H groups in total. The van der Waals surface area contributed by atoms with Crippen LogP contribution in [0, 0.1) is 17.0 Å². The van der Waals surface area contributed by atoms with E-state index in [0.717, 1.165) is 6.92 Å². The topological polar surface area (TPSA) is 150 Å². The molecule has 10 heteroatoms. The van der Waals surface area contributed by atoms with Crippen LogP contribution in [0.25, 0.3) is 11.1 Å². The van der Waals surface area contributed by atoms with Gasteiger partial charge in [0.1, 0.15) is 0 Å². The number of carbonyl (C=O) groups is 1. The van der Waals surface area contributed by atoms with Gasteiger partial charge in [0.15, 0.2) is 0 Å². The number of anilines is 1. The molecule has 0 bridgehead atoms. The summed E-state index contributed by atoms with van der Waals surface area (Å²) in [7, 11) is 0. The summed E-state index contributed by atoms with van der Waals surface area (Å²) in [5.41, 5.74) is -0.202. The van der Waals surface area contributed by atoms with Crippen molar-refractivity contribution in [1.29, 1.82) is 0 Å². The van der Waals surface area contributed by atoms with Gasteiger partial charge >= 0.3 is 145 Å².